The summed E-state index contributed by atoms with van der Waals surface area (Å²) in [5.41, 5.74) is 2.20. The van der Waals surface area contributed by atoms with Crippen LogP contribution in [0.4, 0.5) is 0 Å². The maximum atomic E-state index is 5.94. The van der Waals surface area contributed by atoms with Gasteiger partial charge in [-0.25, -0.2) is 4.98 Å². The summed E-state index contributed by atoms with van der Waals surface area (Å²) in [5.74, 6) is 0.734. The summed E-state index contributed by atoms with van der Waals surface area (Å²) >= 11 is 1.70. The van der Waals surface area contributed by atoms with Gasteiger partial charge in [0.25, 0.3) is 0 Å². The van der Waals surface area contributed by atoms with Crippen molar-refractivity contribution in [3.05, 3.63) is 29.0 Å². The van der Waals surface area contributed by atoms with Gasteiger partial charge in [-0.1, -0.05) is 6.58 Å². The monoisotopic (exact) mass is 266 g/mol. The largest absolute Gasteiger partial charge is 0.543 e. The van der Waals surface area contributed by atoms with E-state index >= 15 is 0 Å². The quantitative estimate of drug-likeness (QED) is 0.623. The smallest absolute Gasteiger partial charge is 0.242 e. The second-order valence-corrected chi connectivity index (χ2v) is 10.8. The van der Waals surface area contributed by atoms with Crippen molar-refractivity contribution in [2.24, 2.45) is 0 Å². The second kappa shape index (κ2) is 3.99. The molecule has 17 heavy (non-hydrogen) atoms. The van der Waals surface area contributed by atoms with Gasteiger partial charge in [0.1, 0.15) is 11.5 Å². The van der Waals surface area contributed by atoms with Gasteiger partial charge in [0.15, 0.2) is 4.96 Å². The number of nitrogens with zero attached hydrogens (tertiary/aromatic N) is 2. The van der Waals surface area contributed by atoms with Crippen molar-refractivity contribution >= 4 is 30.4 Å². The van der Waals surface area contributed by atoms with Crippen LogP contribution in [-0.4, -0.2) is 17.7 Å². The van der Waals surface area contributed by atoms with Gasteiger partial charge in [-0.05, 0) is 33.5 Å². The van der Waals surface area contributed by atoms with Crippen molar-refractivity contribution in [1.29, 1.82) is 0 Å². The number of thiazole rings is 1. The Morgan fingerprint density at radius 2 is 2.06 bits per heavy atom. The Balaban J connectivity index is 2.45. The number of imidazole rings is 1. The third-order valence-electron chi connectivity index (χ3n) is 2.53. The highest BCUT2D eigenvalue weighted by molar-refractivity contribution is 7.17. The molecule has 5 heteroatoms. The highest BCUT2D eigenvalue weighted by Gasteiger charge is 2.20. The van der Waals surface area contributed by atoms with E-state index < -0.39 is 8.32 Å². The summed E-state index contributed by atoms with van der Waals surface area (Å²) in [7, 11) is -1.61. The molecule has 0 aromatic carbocycles. The molecule has 0 radical (unpaired) electrons. The molecule has 0 saturated carbocycles. The van der Waals surface area contributed by atoms with Gasteiger partial charge in [0.05, 0.1) is 6.20 Å². The molecule has 3 nitrogen and oxygen atoms in total. The standard InChI is InChI=1S/C12H18N2OSSi/c1-8-10(3)16-12-13-7-11(14(8)12)9(2)15-17(4,5)6/h7H,2H2,1,3-6H3. The average molecular weight is 266 g/mol. The van der Waals surface area contributed by atoms with Crippen LogP contribution < -0.4 is 0 Å². The van der Waals surface area contributed by atoms with Crippen LogP contribution in [0.15, 0.2) is 12.8 Å². The third kappa shape index (κ3) is 2.30. The van der Waals surface area contributed by atoms with Crippen LogP contribution in [0.2, 0.25) is 19.6 Å². The lowest BCUT2D eigenvalue weighted by Crippen LogP contribution is -2.24. The Hall–Kier alpha value is -1.07. The number of aryl methyl sites for hydroxylation is 2. The van der Waals surface area contributed by atoms with Crippen LogP contribution in [-0.2, 0) is 4.43 Å². The van der Waals surface area contributed by atoms with Crippen molar-refractivity contribution in [2.45, 2.75) is 33.5 Å². The van der Waals surface area contributed by atoms with E-state index in [0.29, 0.717) is 0 Å². The fourth-order valence-electron chi connectivity index (χ4n) is 1.72. The zero-order chi connectivity index (χ0) is 12.8. The summed E-state index contributed by atoms with van der Waals surface area (Å²) in [6.45, 7) is 14.7. The van der Waals surface area contributed by atoms with Crippen LogP contribution in [0.3, 0.4) is 0 Å². The van der Waals surface area contributed by atoms with E-state index in [0.717, 1.165) is 16.4 Å². The molecule has 0 unspecified atom stereocenters. The highest BCUT2D eigenvalue weighted by Crippen LogP contribution is 2.27. The first-order chi connectivity index (χ1) is 7.79. The van der Waals surface area contributed by atoms with Crippen molar-refractivity contribution in [2.75, 3.05) is 0 Å². The minimum Gasteiger partial charge on any atom is -0.543 e. The van der Waals surface area contributed by atoms with Crippen molar-refractivity contribution < 1.29 is 4.43 Å². The minimum absolute atomic E-state index is 0.734. The molecule has 2 rings (SSSR count). The highest BCUT2D eigenvalue weighted by atomic mass is 32.1. The second-order valence-electron chi connectivity index (χ2n) is 5.14. The number of aromatic nitrogens is 2. The van der Waals surface area contributed by atoms with E-state index in [1.54, 1.807) is 11.3 Å². The van der Waals surface area contributed by atoms with Gasteiger partial charge in [-0.2, -0.15) is 0 Å². The zero-order valence-electron chi connectivity index (χ0n) is 11.0. The first-order valence-corrected chi connectivity index (χ1v) is 9.84. The van der Waals surface area contributed by atoms with E-state index in [-0.39, 0.29) is 0 Å². The van der Waals surface area contributed by atoms with Gasteiger partial charge in [0, 0.05) is 10.6 Å². The summed E-state index contributed by atoms with van der Waals surface area (Å²) in [6.07, 6.45) is 1.85. The lowest BCUT2D eigenvalue weighted by molar-refractivity contribution is 0.512. The molecular weight excluding hydrogens is 248 g/mol. The third-order valence-corrected chi connectivity index (χ3v) is 4.46. The molecule has 0 spiro atoms. The van der Waals surface area contributed by atoms with Crippen LogP contribution in [0.25, 0.3) is 10.7 Å². The SMILES string of the molecule is C=C(O[Si](C)(C)C)c1cnc2sc(C)c(C)n12. The van der Waals surface area contributed by atoms with Gasteiger partial charge in [0.2, 0.25) is 8.32 Å². The molecule has 92 valence electrons. The fourth-order valence-corrected chi connectivity index (χ4v) is 3.51. The van der Waals surface area contributed by atoms with Crippen molar-refractivity contribution in [1.82, 2.24) is 9.38 Å². The molecule has 0 aliphatic rings. The summed E-state index contributed by atoms with van der Waals surface area (Å²) in [6, 6.07) is 0. The van der Waals surface area contributed by atoms with Gasteiger partial charge in [-0.3, -0.25) is 4.40 Å². The summed E-state index contributed by atoms with van der Waals surface area (Å²) < 4.78 is 8.07. The molecule has 2 heterocycles. The Kier molecular flexibility index (Phi) is 2.91. The van der Waals surface area contributed by atoms with E-state index in [9.17, 15) is 0 Å². The van der Waals surface area contributed by atoms with Crippen LogP contribution in [0.5, 0.6) is 0 Å². The summed E-state index contributed by atoms with van der Waals surface area (Å²) in [5, 5.41) is 0. The van der Waals surface area contributed by atoms with Gasteiger partial charge < -0.3 is 4.43 Å². The number of fused-ring (bicyclic) bond motifs is 1. The molecule has 2 aromatic heterocycles. The van der Waals surface area contributed by atoms with E-state index in [4.69, 9.17) is 4.43 Å². The maximum Gasteiger partial charge on any atom is 0.242 e. The summed E-state index contributed by atoms with van der Waals surface area (Å²) in [4.78, 5) is 6.70. The minimum atomic E-state index is -1.61. The first kappa shape index (κ1) is 12.4. The van der Waals surface area contributed by atoms with E-state index in [1.165, 1.54) is 10.6 Å². The first-order valence-electron chi connectivity index (χ1n) is 5.61. The predicted molar refractivity (Wildman–Crippen MR) is 76.0 cm³/mol. The number of rotatable bonds is 3. The number of hydrogen-bond donors (Lipinski definition) is 0. The molecular formula is C12H18N2OSSi. The maximum absolute atomic E-state index is 5.94. The van der Waals surface area contributed by atoms with Crippen LogP contribution >= 0.6 is 11.3 Å². The lowest BCUT2D eigenvalue weighted by atomic mass is 10.4. The Bertz CT molecular complexity index is 577. The molecule has 0 N–H and O–H groups in total. The molecule has 0 aliphatic heterocycles. The zero-order valence-corrected chi connectivity index (χ0v) is 12.8. The number of hydrogen-bond acceptors (Lipinski definition) is 3. The molecule has 0 fully saturated rings. The van der Waals surface area contributed by atoms with E-state index in [1.807, 2.05) is 6.20 Å². The molecule has 0 atom stereocenters. The molecule has 2 aromatic rings. The fraction of sp³-hybridized carbons (Fsp3) is 0.417. The predicted octanol–water partition coefficient (Wildman–Crippen LogP) is 3.83. The Morgan fingerprint density at radius 1 is 1.41 bits per heavy atom. The van der Waals surface area contributed by atoms with E-state index in [2.05, 4.69) is 49.5 Å². The van der Waals surface area contributed by atoms with Crippen molar-refractivity contribution in [3.8, 4) is 0 Å². The molecule has 0 bridgehead atoms. The normalized spacial score (nSPS) is 12.1. The Morgan fingerprint density at radius 3 is 2.65 bits per heavy atom. The van der Waals surface area contributed by atoms with Gasteiger partial charge >= 0.3 is 0 Å². The van der Waals surface area contributed by atoms with Crippen molar-refractivity contribution in [3.63, 3.8) is 0 Å². The van der Waals surface area contributed by atoms with Crippen LogP contribution in [0, 0.1) is 13.8 Å². The molecule has 0 saturated heterocycles. The van der Waals surface area contributed by atoms with Gasteiger partial charge in [-0.15, -0.1) is 11.3 Å². The topological polar surface area (TPSA) is 26.5 Å². The average Bonchev–Trinajstić information content (AvgIpc) is 2.67. The lowest BCUT2D eigenvalue weighted by Gasteiger charge is -2.20. The molecule has 0 amide bonds. The Labute approximate surface area is 107 Å². The molecule has 0 aliphatic carbocycles. The van der Waals surface area contributed by atoms with Crippen LogP contribution in [0.1, 0.15) is 16.3 Å².